The molecule has 0 amide bonds. The Kier molecular flexibility index (Phi) is 5.30. The lowest BCUT2D eigenvalue weighted by molar-refractivity contribution is 0.150. The molecule has 5 rings (SSSR count). The Morgan fingerprint density at radius 3 is 2.58 bits per heavy atom. The van der Waals surface area contributed by atoms with Gasteiger partial charge in [0.1, 0.15) is 11.7 Å². The second kappa shape index (κ2) is 7.93. The minimum atomic E-state index is -4.08. The van der Waals surface area contributed by atoms with E-state index in [4.69, 9.17) is 0 Å². The summed E-state index contributed by atoms with van der Waals surface area (Å²) in [6.45, 7) is 0.768. The van der Waals surface area contributed by atoms with E-state index >= 15 is 0 Å². The van der Waals surface area contributed by atoms with Gasteiger partial charge in [0.2, 0.25) is 15.2 Å². The number of piperidine rings is 1. The van der Waals surface area contributed by atoms with Crippen molar-refractivity contribution in [3.8, 4) is 11.2 Å². The molecule has 2 aromatic heterocycles. The monoisotopic (exact) mass is 497 g/mol. The van der Waals surface area contributed by atoms with Crippen molar-refractivity contribution < 1.29 is 21.6 Å². The van der Waals surface area contributed by atoms with Crippen LogP contribution in [0.4, 0.5) is 18.9 Å². The van der Waals surface area contributed by atoms with E-state index in [1.54, 1.807) is 0 Å². The molecule has 33 heavy (non-hydrogen) atoms. The summed E-state index contributed by atoms with van der Waals surface area (Å²) in [4.78, 5) is 1.78. The highest BCUT2D eigenvalue weighted by Gasteiger charge is 2.47. The fourth-order valence-electron chi connectivity index (χ4n) is 3.82. The number of rotatable bonds is 6. The van der Waals surface area contributed by atoms with Crippen molar-refractivity contribution in [1.29, 1.82) is 5.26 Å². The summed E-state index contributed by atoms with van der Waals surface area (Å²) in [5.74, 6) is 0. The molecule has 9 nitrogen and oxygen atoms in total. The lowest BCUT2D eigenvalue weighted by Crippen LogP contribution is -2.36. The zero-order valence-electron chi connectivity index (χ0n) is 17.1. The molecule has 0 spiro atoms. The molecular weight excluding hydrogens is 479 g/mol. The normalized spacial score (nSPS) is 18.7. The number of sulfonamides is 1. The van der Waals surface area contributed by atoms with Gasteiger partial charge in [-0.2, -0.15) is 15.1 Å². The molecule has 2 fully saturated rings. The van der Waals surface area contributed by atoms with Crippen LogP contribution in [0.2, 0.25) is 0 Å². The van der Waals surface area contributed by atoms with Gasteiger partial charge in [-0.25, -0.2) is 26.3 Å². The van der Waals surface area contributed by atoms with Crippen LogP contribution in [0.5, 0.6) is 0 Å². The molecule has 0 radical (unpaired) electrons. The van der Waals surface area contributed by atoms with Gasteiger partial charge in [-0.15, -0.1) is 10.2 Å². The van der Waals surface area contributed by atoms with E-state index in [2.05, 4.69) is 20.0 Å². The number of halogens is 3. The average molecular weight is 498 g/mol. The van der Waals surface area contributed by atoms with Gasteiger partial charge in [0.15, 0.2) is 5.01 Å². The molecule has 1 saturated carbocycles. The van der Waals surface area contributed by atoms with Gasteiger partial charge in [-0.3, -0.25) is 0 Å². The number of nitrogens with zero attached hydrogens (tertiary/aromatic N) is 6. The van der Waals surface area contributed by atoms with Crippen molar-refractivity contribution >= 4 is 38.0 Å². The molecule has 1 aliphatic heterocycles. The van der Waals surface area contributed by atoms with E-state index in [1.807, 2.05) is 11.0 Å². The summed E-state index contributed by atoms with van der Waals surface area (Å²) in [5.41, 5.74) is -0.257. The summed E-state index contributed by atoms with van der Waals surface area (Å²) in [6, 6.07) is 4.84. The lowest BCUT2D eigenvalue weighted by Gasteiger charge is -2.31. The predicted molar refractivity (Wildman–Crippen MR) is 114 cm³/mol. The zero-order valence-corrected chi connectivity index (χ0v) is 18.7. The average Bonchev–Trinajstić information content (AvgIpc) is 3.19. The van der Waals surface area contributed by atoms with Crippen LogP contribution in [0.15, 0.2) is 23.2 Å². The Bertz CT molecular complexity index is 1350. The molecule has 2 aliphatic rings. The standard InChI is InChI=1S/C19H18F3N7O2S2/c20-11-1-5-28(6-2-11)14-7-12(33(30,31)27-19(10-23)3-4-19)8-15-13(14)9-24-29(15)18-26-25-17(32-18)16(21)22/h7-9,11,16,27H,1-6H2. The molecule has 1 saturated heterocycles. The van der Waals surface area contributed by atoms with Crippen LogP contribution in [0.25, 0.3) is 16.0 Å². The second-order valence-electron chi connectivity index (χ2n) is 8.12. The van der Waals surface area contributed by atoms with E-state index in [9.17, 15) is 26.9 Å². The van der Waals surface area contributed by atoms with Gasteiger partial charge >= 0.3 is 0 Å². The summed E-state index contributed by atoms with van der Waals surface area (Å²) < 4.78 is 69.8. The van der Waals surface area contributed by atoms with Crippen LogP contribution in [0.3, 0.4) is 0 Å². The van der Waals surface area contributed by atoms with Gasteiger partial charge < -0.3 is 4.90 Å². The van der Waals surface area contributed by atoms with Crippen LogP contribution < -0.4 is 9.62 Å². The highest BCUT2D eigenvalue weighted by molar-refractivity contribution is 7.89. The molecule has 0 atom stereocenters. The number of alkyl halides is 3. The van der Waals surface area contributed by atoms with E-state index in [0.717, 1.165) is 0 Å². The largest absolute Gasteiger partial charge is 0.371 e. The summed E-state index contributed by atoms with van der Waals surface area (Å²) in [6.07, 6.45) is -0.782. The Morgan fingerprint density at radius 2 is 1.97 bits per heavy atom. The number of hydrogen-bond acceptors (Lipinski definition) is 8. The van der Waals surface area contributed by atoms with E-state index in [0.29, 0.717) is 66.7 Å². The first-order valence-corrected chi connectivity index (χ1v) is 12.5. The molecule has 1 aliphatic carbocycles. The van der Waals surface area contributed by atoms with Gasteiger partial charge in [0.25, 0.3) is 6.43 Å². The number of nitrogens with one attached hydrogen (secondary N) is 1. The Balaban J connectivity index is 1.65. The topological polar surface area (TPSA) is 117 Å². The fourth-order valence-corrected chi connectivity index (χ4v) is 5.91. The number of nitriles is 1. The van der Waals surface area contributed by atoms with Gasteiger partial charge in [-0.05, 0) is 37.8 Å². The first-order valence-electron chi connectivity index (χ1n) is 10.2. The lowest BCUT2D eigenvalue weighted by atomic mass is 10.1. The van der Waals surface area contributed by atoms with Crippen molar-refractivity contribution in [3.63, 3.8) is 0 Å². The van der Waals surface area contributed by atoms with Crippen LogP contribution in [0, 0.1) is 11.3 Å². The molecule has 14 heteroatoms. The first kappa shape index (κ1) is 22.1. The Morgan fingerprint density at radius 1 is 1.24 bits per heavy atom. The van der Waals surface area contributed by atoms with Crippen molar-refractivity contribution in [2.24, 2.45) is 0 Å². The maximum Gasteiger partial charge on any atom is 0.291 e. The molecule has 0 unspecified atom stereocenters. The van der Waals surface area contributed by atoms with Crippen molar-refractivity contribution in [1.82, 2.24) is 24.7 Å². The maximum atomic E-state index is 13.7. The molecular formula is C19H18F3N7O2S2. The second-order valence-corrected chi connectivity index (χ2v) is 10.8. The zero-order chi connectivity index (χ0) is 23.4. The number of fused-ring (bicyclic) bond motifs is 1. The van der Waals surface area contributed by atoms with Crippen LogP contribution >= 0.6 is 11.3 Å². The third kappa shape index (κ3) is 4.04. The van der Waals surface area contributed by atoms with E-state index in [1.165, 1.54) is 23.0 Å². The fraction of sp³-hybridized carbons (Fsp3) is 0.474. The van der Waals surface area contributed by atoms with Gasteiger partial charge in [-0.1, -0.05) is 11.3 Å². The molecule has 1 N–H and O–H groups in total. The number of anilines is 1. The maximum absolute atomic E-state index is 13.7. The van der Waals surface area contributed by atoms with Crippen molar-refractivity contribution in [3.05, 3.63) is 23.3 Å². The van der Waals surface area contributed by atoms with Crippen molar-refractivity contribution in [2.75, 3.05) is 18.0 Å². The molecule has 174 valence electrons. The Hall–Kier alpha value is -2.76. The SMILES string of the molecule is N#CC1(NS(=O)(=O)c2cc(N3CCC(F)CC3)c3cnn(-c4nnc(C(F)F)s4)c3c2)CC1. The summed E-state index contributed by atoms with van der Waals surface area (Å²) in [7, 11) is -4.08. The predicted octanol–water partition coefficient (Wildman–Crippen LogP) is 3.09. The highest BCUT2D eigenvalue weighted by atomic mass is 32.2. The number of aromatic nitrogens is 4. The first-order chi connectivity index (χ1) is 15.7. The molecule has 1 aromatic carbocycles. The molecule has 3 heterocycles. The summed E-state index contributed by atoms with van der Waals surface area (Å²) in [5, 5.41) is 21.0. The number of hydrogen-bond donors (Lipinski definition) is 1. The quantitative estimate of drug-likeness (QED) is 0.556. The Labute approximate surface area is 190 Å². The minimum absolute atomic E-state index is 0.0620. The van der Waals surface area contributed by atoms with Crippen LogP contribution in [0.1, 0.15) is 37.1 Å². The number of benzene rings is 1. The smallest absolute Gasteiger partial charge is 0.291 e. The summed E-state index contributed by atoms with van der Waals surface area (Å²) >= 11 is 0.649. The van der Waals surface area contributed by atoms with E-state index < -0.39 is 33.2 Å². The van der Waals surface area contributed by atoms with Gasteiger partial charge in [0, 0.05) is 24.2 Å². The minimum Gasteiger partial charge on any atom is -0.371 e. The third-order valence-corrected chi connectivity index (χ3v) is 8.23. The molecule has 3 aromatic rings. The van der Waals surface area contributed by atoms with E-state index in [-0.39, 0.29) is 10.0 Å². The highest BCUT2D eigenvalue weighted by Crippen LogP contribution is 2.38. The van der Waals surface area contributed by atoms with Gasteiger partial charge in [0.05, 0.1) is 22.7 Å². The van der Waals surface area contributed by atoms with Crippen molar-refractivity contribution in [2.45, 2.75) is 48.7 Å². The molecule has 0 bridgehead atoms. The third-order valence-electron chi connectivity index (χ3n) is 5.81. The van der Waals surface area contributed by atoms with Crippen LogP contribution in [-0.2, 0) is 10.0 Å². The van der Waals surface area contributed by atoms with Crippen LogP contribution in [-0.4, -0.2) is 53.2 Å².